The molecule has 3 heterocycles. The second-order valence-corrected chi connectivity index (χ2v) is 6.55. The van der Waals surface area contributed by atoms with Crippen molar-refractivity contribution in [1.29, 1.82) is 0 Å². The molecule has 7 heteroatoms. The molecule has 1 spiro atoms. The van der Waals surface area contributed by atoms with Gasteiger partial charge < -0.3 is 10.2 Å². The summed E-state index contributed by atoms with van der Waals surface area (Å²) in [6.45, 7) is 1.86. The molecule has 2 aliphatic rings. The zero-order chi connectivity index (χ0) is 16.4. The van der Waals surface area contributed by atoms with Gasteiger partial charge in [0.2, 0.25) is 5.95 Å². The molecule has 2 aromatic rings. The molecule has 0 radical (unpaired) electrons. The lowest BCUT2D eigenvalue weighted by atomic mass is 9.59. The van der Waals surface area contributed by atoms with Crippen LogP contribution in [0.5, 0.6) is 0 Å². The monoisotopic (exact) mass is 324 g/mol. The molecule has 1 N–H and O–H groups in total. The molecule has 0 unspecified atom stereocenters. The van der Waals surface area contributed by atoms with E-state index >= 15 is 0 Å². The number of hydrogen-bond acceptors (Lipinski definition) is 6. The Hall–Kier alpha value is -2.57. The Morgan fingerprint density at radius 1 is 1.08 bits per heavy atom. The Labute approximate surface area is 140 Å². The Morgan fingerprint density at radius 2 is 1.88 bits per heavy atom. The molecule has 1 saturated carbocycles. The van der Waals surface area contributed by atoms with Gasteiger partial charge in [-0.15, -0.1) is 0 Å². The first kappa shape index (κ1) is 15.0. The fourth-order valence-corrected chi connectivity index (χ4v) is 3.78. The number of carbonyl (C=O) groups excluding carboxylic acids is 1. The Kier molecular flexibility index (Phi) is 3.84. The van der Waals surface area contributed by atoms with Crippen LogP contribution >= 0.6 is 0 Å². The number of rotatable bonds is 3. The van der Waals surface area contributed by atoms with Crippen molar-refractivity contribution >= 4 is 11.9 Å². The maximum absolute atomic E-state index is 12.3. The van der Waals surface area contributed by atoms with E-state index in [9.17, 15) is 4.79 Å². The highest BCUT2D eigenvalue weighted by molar-refractivity contribution is 5.92. The van der Waals surface area contributed by atoms with Crippen LogP contribution in [-0.4, -0.2) is 45.0 Å². The molecule has 1 saturated heterocycles. The molecule has 0 bridgehead atoms. The summed E-state index contributed by atoms with van der Waals surface area (Å²) < 4.78 is 0. The van der Waals surface area contributed by atoms with Gasteiger partial charge in [-0.2, -0.15) is 0 Å². The Morgan fingerprint density at radius 3 is 2.50 bits per heavy atom. The largest absolute Gasteiger partial charge is 0.347 e. The zero-order valence-corrected chi connectivity index (χ0v) is 13.4. The second-order valence-electron chi connectivity index (χ2n) is 6.55. The third-order valence-corrected chi connectivity index (χ3v) is 5.37. The fourth-order valence-electron chi connectivity index (χ4n) is 3.78. The quantitative estimate of drug-likeness (QED) is 0.920. The number of piperidine rings is 1. The van der Waals surface area contributed by atoms with Crippen LogP contribution in [0.25, 0.3) is 0 Å². The van der Waals surface area contributed by atoms with Gasteiger partial charge in [-0.25, -0.2) is 15.0 Å². The number of hydrogen-bond donors (Lipinski definition) is 1. The number of nitrogens with zero attached hydrogens (tertiary/aromatic N) is 5. The van der Waals surface area contributed by atoms with Gasteiger partial charge in [0.15, 0.2) is 0 Å². The normalized spacial score (nSPS) is 22.0. The molecule has 7 nitrogen and oxygen atoms in total. The molecule has 1 atom stereocenters. The minimum absolute atomic E-state index is 0.124. The lowest BCUT2D eigenvalue weighted by Crippen LogP contribution is -2.59. The minimum atomic E-state index is -0.124. The molecular weight excluding hydrogens is 304 g/mol. The van der Waals surface area contributed by atoms with Crippen molar-refractivity contribution in [2.24, 2.45) is 5.41 Å². The average molecular weight is 324 g/mol. The van der Waals surface area contributed by atoms with Crippen LogP contribution in [0.4, 0.5) is 5.95 Å². The number of anilines is 1. The molecule has 124 valence electrons. The van der Waals surface area contributed by atoms with Crippen molar-refractivity contribution in [3.05, 3.63) is 42.7 Å². The first-order valence-electron chi connectivity index (χ1n) is 8.36. The van der Waals surface area contributed by atoms with Crippen LogP contribution in [0.1, 0.15) is 36.2 Å². The number of nitrogens with one attached hydrogen (secondary N) is 1. The van der Waals surface area contributed by atoms with Crippen molar-refractivity contribution in [3.8, 4) is 0 Å². The van der Waals surface area contributed by atoms with Gasteiger partial charge in [0.1, 0.15) is 5.69 Å². The standard InChI is InChI=1S/C17H20N6O/c24-15(13-12-18-8-9-19-13)22-14-2-3-17(14)4-10-23(11-5-17)16-20-6-1-7-21-16/h1,6-9,12,14H,2-5,10-11H2,(H,22,24)/t14-/m0/s1. The molecule has 4 rings (SSSR count). The van der Waals surface area contributed by atoms with Crippen LogP contribution in [0, 0.1) is 5.41 Å². The van der Waals surface area contributed by atoms with Crippen LogP contribution < -0.4 is 10.2 Å². The third-order valence-electron chi connectivity index (χ3n) is 5.37. The minimum Gasteiger partial charge on any atom is -0.347 e. The molecule has 2 fully saturated rings. The smallest absolute Gasteiger partial charge is 0.271 e. The molecule has 1 aliphatic heterocycles. The molecule has 2 aromatic heterocycles. The highest BCUT2D eigenvalue weighted by Gasteiger charge is 2.49. The van der Waals surface area contributed by atoms with Crippen LogP contribution in [0.3, 0.4) is 0 Å². The van der Waals surface area contributed by atoms with Gasteiger partial charge in [0.25, 0.3) is 5.91 Å². The third kappa shape index (κ3) is 2.70. The summed E-state index contributed by atoms with van der Waals surface area (Å²) in [5, 5.41) is 3.16. The van der Waals surface area contributed by atoms with Gasteiger partial charge in [-0.3, -0.25) is 9.78 Å². The number of carbonyl (C=O) groups is 1. The van der Waals surface area contributed by atoms with Crippen molar-refractivity contribution in [2.45, 2.75) is 31.7 Å². The SMILES string of the molecule is O=C(N[C@H]1CCC12CCN(c1ncccn1)CC2)c1cnccn1. The van der Waals surface area contributed by atoms with E-state index in [0.29, 0.717) is 5.69 Å². The van der Waals surface area contributed by atoms with E-state index in [1.54, 1.807) is 24.8 Å². The number of amides is 1. The van der Waals surface area contributed by atoms with Gasteiger partial charge in [0, 0.05) is 43.9 Å². The summed E-state index contributed by atoms with van der Waals surface area (Å²) >= 11 is 0. The molecule has 24 heavy (non-hydrogen) atoms. The van der Waals surface area contributed by atoms with E-state index in [1.165, 1.54) is 12.6 Å². The first-order chi connectivity index (χ1) is 11.8. The lowest BCUT2D eigenvalue weighted by molar-refractivity contribution is 0.0332. The zero-order valence-electron chi connectivity index (χ0n) is 13.4. The molecular formula is C17H20N6O. The van der Waals surface area contributed by atoms with E-state index < -0.39 is 0 Å². The highest BCUT2D eigenvalue weighted by atomic mass is 16.2. The van der Waals surface area contributed by atoms with E-state index in [-0.39, 0.29) is 17.4 Å². The van der Waals surface area contributed by atoms with Crippen LogP contribution in [-0.2, 0) is 0 Å². The molecule has 1 aliphatic carbocycles. The van der Waals surface area contributed by atoms with Gasteiger partial charge in [0.05, 0.1) is 6.20 Å². The number of aromatic nitrogens is 4. The average Bonchev–Trinajstić information content (AvgIpc) is 2.66. The first-order valence-corrected chi connectivity index (χ1v) is 8.36. The maximum Gasteiger partial charge on any atom is 0.271 e. The summed E-state index contributed by atoms with van der Waals surface area (Å²) in [5.74, 6) is 0.674. The maximum atomic E-state index is 12.3. The van der Waals surface area contributed by atoms with Gasteiger partial charge in [-0.05, 0) is 37.2 Å². The van der Waals surface area contributed by atoms with Crippen molar-refractivity contribution < 1.29 is 4.79 Å². The van der Waals surface area contributed by atoms with E-state index in [0.717, 1.165) is 38.3 Å². The van der Waals surface area contributed by atoms with E-state index in [4.69, 9.17) is 0 Å². The topological polar surface area (TPSA) is 83.9 Å². The summed E-state index contributed by atoms with van der Waals surface area (Å²) in [6.07, 6.45) is 12.5. The van der Waals surface area contributed by atoms with Gasteiger partial charge >= 0.3 is 0 Å². The summed E-state index contributed by atoms with van der Waals surface area (Å²) in [5.41, 5.74) is 0.595. The van der Waals surface area contributed by atoms with E-state index in [1.807, 2.05) is 6.07 Å². The highest BCUT2D eigenvalue weighted by Crippen LogP contribution is 2.49. The Bertz CT molecular complexity index is 700. The van der Waals surface area contributed by atoms with Crippen molar-refractivity contribution in [2.75, 3.05) is 18.0 Å². The Balaban J connectivity index is 1.38. The summed E-state index contributed by atoms with van der Waals surface area (Å²) in [6, 6.07) is 2.06. The molecule has 0 aromatic carbocycles. The van der Waals surface area contributed by atoms with Gasteiger partial charge in [-0.1, -0.05) is 0 Å². The predicted octanol–water partition coefficient (Wildman–Crippen LogP) is 1.45. The molecule has 1 amide bonds. The lowest BCUT2D eigenvalue weighted by Gasteiger charge is -2.54. The summed E-state index contributed by atoms with van der Waals surface area (Å²) in [4.78, 5) is 31.2. The second kappa shape index (κ2) is 6.14. The summed E-state index contributed by atoms with van der Waals surface area (Å²) in [7, 11) is 0. The van der Waals surface area contributed by atoms with E-state index in [2.05, 4.69) is 30.2 Å². The predicted molar refractivity (Wildman–Crippen MR) is 88.4 cm³/mol. The van der Waals surface area contributed by atoms with Crippen LogP contribution in [0.2, 0.25) is 0 Å². The fraction of sp³-hybridized carbons (Fsp3) is 0.471. The van der Waals surface area contributed by atoms with Crippen molar-refractivity contribution in [1.82, 2.24) is 25.3 Å². The van der Waals surface area contributed by atoms with Crippen LogP contribution in [0.15, 0.2) is 37.1 Å². The van der Waals surface area contributed by atoms with Crippen molar-refractivity contribution in [3.63, 3.8) is 0 Å².